The number of aliphatic hydroxyl groups is 1. The lowest BCUT2D eigenvalue weighted by Gasteiger charge is -2.25. The van der Waals surface area contributed by atoms with Gasteiger partial charge < -0.3 is 14.6 Å². The van der Waals surface area contributed by atoms with Crippen molar-refractivity contribution < 1.29 is 23.0 Å². The molecule has 0 saturated heterocycles. The Labute approximate surface area is 135 Å². The highest BCUT2D eigenvalue weighted by atomic mass is 35.5. The molecule has 1 aromatic carbocycles. The maximum Gasteiger partial charge on any atom is 0.234 e. The van der Waals surface area contributed by atoms with E-state index >= 15 is 0 Å². The van der Waals surface area contributed by atoms with Gasteiger partial charge in [0.25, 0.3) is 0 Å². The standard InChI is InChI=1S/C14H20ClNO5S/c1-20-12-3-4-13(21-2)11(9-12)10-16(7-8-17)22(18,19)14(15)5-6-14/h3-4,9,17H,5-8,10H2,1-2H3. The van der Waals surface area contributed by atoms with Crippen molar-refractivity contribution in [1.82, 2.24) is 4.31 Å². The van der Waals surface area contributed by atoms with Gasteiger partial charge in [-0.25, -0.2) is 8.42 Å². The van der Waals surface area contributed by atoms with Crippen LogP contribution in [0.2, 0.25) is 0 Å². The molecule has 0 spiro atoms. The Morgan fingerprint density at radius 1 is 1.32 bits per heavy atom. The summed E-state index contributed by atoms with van der Waals surface area (Å²) in [5.41, 5.74) is 0.653. The molecule has 1 N–H and O–H groups in total. The third kappa shape index (κ3) is 3.32. The molecule has 1 aliphatic rings. The Bertz CT molecular complexity index is 630. The summed E-state index contributed by atoms with van der Waals surface area (Å²) < 4.78 is 35.5. The maximum atomic E-state index is 12.6. The lowest BCUT2D eigenvalue weighted by atomic mass is 10.2. The smallest absolute Gasteiger partial charge is 0.234 e. The van der Waals surface area contributed by atoms with E-state index in [4.69, 9.17) is 21.1 Å². The lowest BCUT2D eigenvalue weighted by molar-refractivity contribution is 0.249. The maximum absolute atomic E-state index is 12.6. The molecule has 1 saturated carbocycles. The van der Waals surface area contributed by atoms with Gasteiger partial charge in [0.2, 0.25) is 10.0 Å². The minimum absolute atomic E-state index is 0.0167. The van der Waals surface area contributed by atoms with Crippen molar-refractivity contribution in [1.29, 1.82) is 0 Å². The fourth-order valence-electron chi connectivity index (χ4n) is 2.18. The first-order valence-corrected chi connectivity index (χ1v) is 8.70. The van der Waals surface area contributed by atoms with E-state index in [-0.39, 0.29) is 19.7 Å². The van der Waals surface area contributed by atoms with Crippen LogP contribution in [0.15, 0.2) is 18.2 Å². The van der Waals surface area contributed by atoms with E-state index in [0.29, 0.717) is 29.9 Å². The van der Waals surface area contributed by atoms with Crippen LogP contribution >= 0.6 is 11.6 Å². The molecule has 0 atom stereocenters. The first-order valence-electron chi connectivity index (χ1n) is 6.88. The zero-order valence-electron chi connectivity index (χ0n) is 12.6. The van der Waals surface area contributed by atoms with Gasteiger partial charge in [-0.3, -0.25) is 0 Å². The number of benzene rings is 1. The van der Waals surface area contributed by atoms with Crippen LogP contribution in [0, 0.1) is 0 Å². The largest absolute Gasteiger partial charge is 0.497 e. The van der Waals surface area contributed by atoms with Gasteiger partial charge in [0.15, 0.2) is 4.21 Å². The lowest BCUT2D eigenvalue weighted by Crippen LogP contribution is -2.39. The number of rotatable bonds is 8. The summed E-state index contributed by atoms with van der Waals surface area (Å²) in [4.78, 5) is 0. The number of aliphatic hydroxyl groups excluding tert-OH is 1. The molecule has 22 heavy (non-hydrogen) atoms. The van der Waals surface area contributed by atoms with Crippen molar-refractivity contribution in [3.8, 4) is 11.5 Å². The average Bonchev–Trinajstić information content (AvgIpc) is 3.26. The number of alkyl halides is 1. The Hall–Kier alpha value is -1.02. The van der Waals surface area contributed by atoms with E-state index in [9.17, 15) is 13.5 Å². The third-order valence-corrected chi connectivity index (χ3v) is 6.92. The van der Waals surface area contributed by atoms with Gasteiger partial charge >= 0.3 is 0 Å². The zero-order chi connectivity index (χ0) is 16.4. The Morgan fingerprint density at radius 3 is 2.50 bits per heavy atom. The van der Waals surface area contributed by atoms with Crippen LogP contribution in [0.3, 0.4) is 0 Å². The van der Waals surface area contributed by atoms with E-state index < -0.39 is 14.2 Å². The van der Waals surface area contributed by atoms with E-state index in [1.54, 1.807) is 18.2 Å². The zero-order valence-corrected chi connectivity index (χ0v) is 14.2. The molecular weight excluding hydrogens is 330 g/mol. The minimum atomic E-state index is -3.69. The Balaban J connectivity index is 2.32. The van der Waals surface area contributed by atoms with E-state index in [1.165, 1.54) is 18.5 Å². The number of sulfonamides is 1. The van der Waals surface area contributed by atoms with Crippen molar-refractivity contribution in [2.45, 2.75) is 23.6 Å². The third-order valence-electron chi connectivity index (χ3n) is 3.63. The Kier molecular flexibility index (Phi) is 5.21. The molecule has 0 heterocycles. The van der Waals surface area contributed by atoms with E-state index in [0.717, 1.165) is 0 Å². The van der Waals surface area contributed by atoms with Gasteiger partial charge in [-0.05, 0) is 31.0 Å². The van der Waals surface area contributed by atoms with Crippen LogP contribution in [0.25, 0.3) is 0 Å². The van der Waals surface area contributed by atoms with Gasteiger partial charge in [-0.15, -0.1) is 11.6 Å². The highest BCUT2D eigenvalue weighted by Crippen LogP contribution is 2.49. The predicted octanol–water partition coefficient (Wildman–Crippen LogP) is 1.56. The molecule has 124 valence electrons. The second kappa shape index (κ2) is 6.62. The summed E-state index contributed by atoms with van der Waals surface area (Å²) in [5.74, 6) is 1.16. The summed E-state index contributed by atoms with van der Waals surface area (Å²) in [6.07, 6.45) is 0.849. The average molecular weight is 350 g/mol. The molecule has 0 aliphatic heterocycles. The molecule has 0 amide bonds. The van der Waals surface area contributed by atoms with Gasteiger partial charge in [0.05, 0.1) is 20.8 Å². The number of halogens is 1. The molecule has 1 aliphatic carbocycles. The summed E-state index contributed by atoms with van der Waals surface area (Å²) in [5, 5.41) is 9.19. The number of hydrogen-bond acceptors (Lipinski definition) is 5. The number of nitrogens with zero attached hydrogens (tertiary/aromatic N) is 1. The molecule has 0 aromatic heterocycles. The monoisotopic (exact) mass is 349 g/mol. The van der Waals surface area contributed by atoms with Crippen LogP contribution in [-0.4, -0.2) is 49.4 Å². The van der Waals surface area contributed by atoms with Crippen LogP contribution in [0.1, 0.15) is 18.4 Å². The molecule has 1 fully saturated rings. The van der Waals surface area contributed by atoms with Crippen LogP contribution in [-0.2, 0) is 16.6 Å². The van der Waals surface area contributed by atoms with Crippen LogP contribution in [0.5, 0.6) is 11.5 Å². The van der Waals surface area contributed by atoms with Crippen molar-refractivity contribution >= 4 is 21.6 Å². The first-order chi connectivity index (χ1) is 10.4. The molecule has 0 bridgehead atoms. The molecule has 8 heteroatoms. The van der Waals surface area contributed by atoms with Crippen molar-refractivity contribution in [3.05, 3.63) is 23.8 Å². The van der Waals surface area contributed by atoms with Gasteiger partial charge in [0.1, 0.15) is 11.5 Å². The molecule has 1 aromatic rings. The summed E-state index contributed by atoms with van der Waals surface area (Å²) >= 11 is 6.10. The fraction of sp³-hybridized carbons (Fsp3) is 0.571. The van der Waals surface area contributed by atoms with Gasteiger partial charge in [0, 0.05) is 18.7 Å². The van der Waals surface area contributed by atoms with Crippen molar-refractivity contribution in [2.24, 2.45) is 0 Å². The SMILES string of the molecule is COc1ccc(OC)c(CN(CCO)S(=O)(=O)C2(Cl)CC2)c1. The normalized spacial score (nSPS) is 16.6. The molecule has 2 rings (SSSR count). The summed E-state index contributed by atoms with van der Waals surface area (Å²) in [7, 11) is -0.642. The number of hydrogen-bond donors (Lipinski definition) is 1. The highest BCUT2D eigenvalue weighted by Gasteiger charge is 2.55. The van der Waals surface area contributed by atoms with Gasteiger partial charge in [-0.2, -0.15) is 4.31 Å². The number of methoxy groups -OCH3 is 2. The number of ether oxygens (including phenoxy) is 2. The quantitative estimate of drug-likeness (QED) is 0.721. The van der Waals surface area contributed by atoms with Gasteiger partial charge in [-0.1, -0.05) is 0 Å². The summed E-state index contributed by atoms with van der Waals surface area (Å²) in [6.45, 7) is -0.229. The molecule has 0 unspecified atom stereocenters. The fourth-order valence-corrected chi connectivity index (χ4v) is 4.28. The highest BCUT2D eigenvalue weighted by molar-refractivity contribution is 7.92. The topological polar surface area (TPSA) is 76.1 Å². The molecular formula is C14H20ClNO5S. The summed E-state index contributed by atoms with van der Waals surface area (Å²) in [6, 6.07) is 5.16. The van der Waals surface area contributed by atoms with Crippen LogP contribution in [0.4, 0.5) is 0 Å². The van der Waals surface area contributed by atoms with Crippen molar-refractivity contribution in [3.63, 3.8) is 0 Å². The van der Waals surface area contributed by atoms with E-state index in [2.05, 4.69) is 0 Å². The Morgan fingerprint density at radius 2 is 2.00 bits per heavy atom. The molecule has 6 nitrogen and oxygen atoms in total. The van der Waals surface area contributed by atoms with E-state index in [1.807, 2.05) is 0 Å². The van der Waals surface area contributed by atoms with Crippen LogP contribution < -0.4 is 9.47 Å². The first kappa shape index (κ1) is 17.3. The predicted molar refractivity (Wildman–Crippen MR) is 83.8 cm³/mol. The van der Waals surface area contributed by atoms with Crippen molar-refractivity contribution in [2.75, 3.05) is 27.4 Å². The minimum Gasteiger partial charge on any atom is -0.497 e. The molecule has 0 radical (unpaired) electrons. The second-order valence-electron chi connectivity index (χ2n) is 5.12. The second-order valence-corrected chi connectivity index (χ2v) is 8.32.